The topological polar surface area (TPSA) is 47.0 Å². The predicted molar refractivity (Wildman–Crippen MR) is 75.1 cm³/mol. The van der Waals surface area contributed by atoms with Gasteiger partial charge in [-0.05, 0) is 25.1 Å². The largest absolute Gasteiger partial charge is 0.496 e. The highest BCUT2D eigenvalue weighted by molar-refractivity contribution is 5.40. The second-order valence-corrected chi connectivity index (χ2v) is 4.37. The minimum atomic E-state index is -0.375. The molecule has 1 heterocycles. The van der Waals surface area contributed by atoms with Gasteiger partial charge in [0.05, 0.1) is 30.6 Å². The fraction of sp³-hybridized carbons (Fsp3) is 0.333. The van der Waals surface area contributed by atoms with Crippen molar-refractivity contribution in [1.82, 2.24) is 15.3 Å². The Bertz CT molecular complexity index is 548. The summed E-state index contributed by atoms with van der Waals surface area (Å²) in [5, 5.41) is 3.30. The zero-order valence-electron chi connectivity index (χ0n) is 11.6. The van der Waals surface area contributed by atoms with E-state index in [1.165, 1.54) is 13.2 Å². The molecule has 1 aromatic heterocycles. The van der Waals surface area contributed by atoms with Crippen molar-refractivity contribution in [2.24, 2.45) is 0 Å². The second-order valence-electron chi connectivity index (χ2n) is 4.37. The molecule has 0 bridgehead atoms. The van der Waals surface area contributed by atoms with E-state index in [1.807, 2.05) is 0 Å². The Hall–Kier alpha value is -2.01. The molecule has 0 saturated carbocycles. The minimum Gasteiger partial charge on any atom is -0.496 e. The number of halogens is 1. The lowest BCUT2D eigenvalue weighted by Crippen LogP contribution is -2.25. The fourth-order valence-corrected chi connectivity index (χ4v) is 2.08. The maximum absolute atomic E-state index is 14.2. The van der Waals surface area contributed by atoms with Crippen molar-refractivity contribution in [3.8, 4) is 5.75 Å². The van der Waals surface area contributed by atoms with E-state index in [0.717, 1.165) is 13.0 Å². The highest BCUT2D eigenvalue weighted by atomic mass is 19.1. The fourth-order valence-electron chi connectivity index (χ4n) is 2.08. The summed E-state index contributed by atoms with van der Waals surface area (Å²) in [7, 11) is 1.53. The van der Waals surface area contributed by atoms with Gasteiger partial charge in [-0.25, -0.2) is 4.39 Å². The van der Waals surface area contributed by atoms with Crippen molar-refractivity contribution in [1.29, 1.82) is 0 Å². The number of hydrogen-bond acceptors (Lipinski definition) is 4. The van der Waals surface area contributed by atoms with Gasteiger partial charge >= 0.3 is 0 Å². The molecule has 0 fully saturated rings. The van der Waals surface area contributed by atoms with E-state index in [1.54, 1.807) is 30.7 Å². The summed E-state index contributed by atoms with van der Waals surface area (Å²) < 4.78 is 19.5. The van der Waals surface area contributed by atoms with E-state index in [9.17, 15) is 4.39 Å². The van der Waals surface area contributed by atoms with Gasteiger partial charge in [0.15, 0.2) is 0 Å². The van der Waals surface area contributed by atoms with Gasteiger partial charge < -0.3 is 10.1 Å². The van der Waals surface area contributed by atoms with Crippen LogP contribution in [0.15, 0.2) is 36.8 Å². The first-order valence-corrected chi connectivity index (χ1v) is 6.59. The monoisotopic (exact) mass is 275 g/mol. The molecule has 0 aliphatic carbocycles. The minimum absolute atomic E-state index is 0.316. The Morgan fingerprint density at radius 2 is 2.20 bits per heavy atom. The zero-order valence-corrected chi connectivity index (χ0v) is 11.6. The van der Waals surface area contributed by atoms with Crippen LogP contribution < -0.4 is 10.1 Å². The number of benzene rings is 1. The van der Waals surface area contributed by atoms with Crippen molar-refractivity contribution in [2.45, 2.75) is 19.4 Å². The summed E-state index contributed by atoms with van der Waals surface area (Å²) in [5.41, 5.74) is 1.13. The van der Waals surface area contributed by atoms with Crippen molar-refractivity contribution >= 4 is 0 Å². The van der Waals surface area contributed by atoms with Crippen LogP contribution in [-0.4, -0.2) is 23.6 Å². The standard InChI is InChI=1S/C15H18FN3O/c1-3-7-19-15(12-10-17-8-9-18-12)14-11(16)5-4-6-13(14)20-2/h4-6,8-10,15,19H,3,7H2,1-2H3. The SMILES string of the molecule is CCCNC(c1cnccn1)c1c(F)cccc1OC. The highest BCUT2D eigenvalue weighted by Gasteiger charge is 2.22. The molecule has 1 aromatic carbocycles. The van der Waals surface area contributed by atoms with Crippen molar-refractivity contribution in [3.05, 3.63) is 53.9 Å². The number of aromatic nitrogens is 2. The Morgan fingerprint density at radius 1 is 1.35 bits per heavy atom. The summed E-state index contributed by atoms with van der Waals surface area (Å²) in [6, 6.07) is 4.43. The number of hydrogen-bond donors (Lipinski definition) is 1. The Kier molecular flexibility index (Phi) is 5.01. The summed E-state index contributed by atoms with van der Waals surface area (Å²) in [5.74, 6) is 0.188. The molecule has 0 aliphatic rings. The zero-order chi connectivity index (χ0) is 14.4. The molecule has 2 rings (SSSR count). The maximum atomic E-state index is 14.2. The van der Waals surface area contributed by atoms with Gasteiger partial charge in [-0.3, -0.25) is 9.97 Å². The average molecular weight is 275 g/mol. The third-order valence-electron chi connectivity index (χ3n) is 3.00. The van der Waals surface area contributed by atoms with Gasteiger partial charge in [-0.1, -0.05) is 13.0 Å². The van der Waals surface area contributed by atoms with Gasteiger partial charge in [-0.15, -0.1) is 0 Å². The van der Waals surface area contributed by atoms with Crippen LogP contribution in [0.2, 0.25) is 0 Å². The molecule has 106 valence electrons. The van der Waals surface area contributed by atoms with E-state index >= 15 is 0 Å². The first kappa shape index (κ1) is 14.4. The van der Waals surface area contributed by atoms with Crippen molar-refractivity contribution in [3.63, 3.8) is 0 Å². The molecule has 0 saturated heterocycles. The molecular formula is C15H18FN3O. The lowest BCUT2D eigenvalue weighted by molar-refractivity contribution is 0.395. The molecule has 0 amide bonds. The summed E-state index contributed by atoms with van der Waals surface area (Å²) in [6.45, 7) is 2.80. The predicted octanol–water partition coefficient (Wildman–Crippen LogP) is 2.71. The Balaban J connectivity index is 2.46. The summed E-state index contributed by atoms with van der Waals surface area (Å²) in [6.07, 6.45) is 5.77. The average Bonchev–Trinajstić information content (AvgIpc) is 2.50. The molecule has 1 N–H and O–H groups in total. The molecule has 1 atom stereocenters. The van der Waals surface area contributed by atoms with Gasteiger partial charge in [-0.2, -0.15) is 0 Å². The van der Waals surface area contributed by atoms with Crippen LogP contribution in [0.4, 0.5) is 4.39 Å². The van der Waals surface area contributed by atoms with Crippen LogP contribution in [0.1, 0.15) is 30.6 Å². The van der Waals surface area contributed by atoms with Crippen LogP contribution in [0.25, 0.3) is 0 Å². The number of nitrogens with one attached hydrogen (secondary N) is 1. The summed E-state index contributed by atoms with van der Waals surface area (Å²) in [4.78, 5) is 8.34. The molecular weight excluding hydrogens is 257 g/mol. The van der Waals surface area contributed by atoms with Gasteiger partial charge in [0.2, 0.25) is 0 Å². The van der Waals surface area contributed by atoms with Gasteiger partial charge in [0, 0.05) is 12.4 Å². The molecule has 2 aromatic rings. The first-order valence-electron chi connectivity index (χ1n) is 6.59. The van der Waals surface area contributed by atoms with E-state index in [4.69, 9.17) is 4.74 Å². The maximum Gasteiger partial charge on any atom is 0.132 e. The number of nitrogens with zero attached hydrogens (tertiary/aromatic N) is 2. The van der Waals surface area contributed by atoms with Crippen LogP contribution in [-0.2, 0) is 0 Å². The van der Waals surface area contributed by atoms with Gasteiger partial charge in [0.25, 0.3) is 0 Å². The molecule has 0 radical (unpaired) electrons. The van der Waals surface area contributed by atoms with E-state index in [-0.39, 0.29) is 11.9 Å². The lowest BCUT2D eigenvalue weighted by Gasteiger charge is -2.21. The summed E-state index contributed by atoms with van der Waals surface area (Å²) >= 11 is 0. The van der Waals surface area contributed by atoms with Crippen LogP contribution >= 0.6 is 0 Å². The molecule has 5 heteroatoms. The third kappa shape index (κ3) is 3.11. The molecule has 1 unspecified atom stereocenters. The highest BCUT2D eigenvalue weighted by Crippen LogP contribution is 2.31. The first-order chi connectivity index (χ1) is 9.77. The molecule has 4 nitrogen and oxygen atoms in total. The van der Waals surface area contributed by atoms with Crippen LogP contribution in [0.3, 0.4) is 0 Å². The lowest BCUT2D eigenvalue weighted by atomic mass is 10.0. The number of methoxy groups -OCH3 is 1. The Labute approximate surface area is 118 Å². The van der Waals surface area contributed by atoms with Crippen molar-refractivity contribution in [2.75, 3.05) is 13.7 Å². The van der Waals surface area contributed by atoms with E-state index < -0.39 is 0 Å². The van der Waals surface area contributed by atoms with E-state index in [0.29, 0.717) is 17.0 Å². The second kappa shape index (κ2) is 6.96. The van der Waals surface area contributed by atoms with Crippen molar-refractivity contribution < 1.29 is 9.13 Å². The van der Waals surface area contributed by atoms with Crippen LogP contribution in [0, 0.1) is 5.82 Å². The number of rotatable bonds is 6. The molecule has 0 spiro atoms. The van der Waals surface area contributed by atoms with Gasteiger partial charge in [0.1, 0.15) is 11.6 Å². The van der Waals surface area contributed by atoms with Crippen LogP contribution in [0.5, 0.6) is 5.75 Å². The van der Waals surface area contributed by atoms with E-state index in [2.05, 4.69) is 22.2 Å². The normalized spacial score (nSPS) is 12.2. The third-order valence-corrected chi connectivity index (χ3v) is 3.00. The molecule has 20 heavy (non-hydrogen) atoms. The molecule has 0 aliphatic heterocycles. The Morgan fingerprint density at radius 3 is 2.85 bits per heavy atom. The quantitative estimate of drug-likeness (QED) is 0.880. The smallest absolute Gasteiger partial charge is 0.132 e. The number of ether oxygens (including phenoxy) is 1.